The Kier molecular flexibility index (Phi) is 5.08. The van der Waals surface area contributed by atoms with Crippen molar-refractivity contribution in [3.05, 3.63) is 12.2 Å². The number of esters is 1. The van der Waals surface area contributed by atoms with Crippen molar-refractivity contribution in [1.29, 1.82) is 0 Å². The predicted molar refractivity (Wildman–Crippen MR) is 59.7 cm³/mol. The summed E-state index contributed by atoms with van der Waals surface area (Å²) >= 11 is 0. The van der Waals surface area contributed by atoms with E-state index in [1.807, 2.05) is 6.92 Å². The lowest BCUT2D eigenvalue weighted by atomic mass is 10.3. The fraction of sp³-hybridized carbons (Fsp3) is 0.700. The maximum atomic E-state index is 11.2. The first-order valence-corrected chi connectivity index (χ1v) is 7.81. The van der Waals surface area contributed by atoms with E-state index in [2.05, 4.69) is 19.7 Å². The highest BCUT2D eigenvalue weighted by molar-refractivity contribution is 6.71. The molecule has 1 atom stereocenters. The molecule has 0 N–H and O–H groups in total. The lowest BCUT2D eigenvalue weighted by Gasteiger charge is -2.23. The Hall–Kier alpha value is -0.613. The molecular formula is C10H20O3Si. The highest BCUT2D eigenvalue weighted by Crippen LogP contribution is 2.15. The third-order valence-corrected chi connectivity index (χ3v) is 4.65. The molecule has 0 aromatic carbocycles. The van der Waals surface area contributed by atoms with Gasteiger partial charge in [-0.3, -0.25) is 0 Å². The Morgan fingerprint density at radius 1 is 1.50 bits per heavy atom. The van der Waals surface area contributed by atoms with Gasteiger partial charge >= 0.3 is 5.97 Å². The van der Waals surface area contributed by atoms with Crippen molar-refractivity contribution in [2.24, 2.45) is 0 Å². The Balaban J connectivity index is 4.05. The van der Waals surface area contributed by atoms with Gasteiger partial charge in [-0.2, -0.15) is 0 Å². The van der Waals surface area contributed by atoms with Crippen molar-refractivity contribution < 1.29 is 14.0 Å². The van der Waals surface area contributed by atoms with Crippen LogP contribution < -0.4 is 0 Å². The lowest BCUT2D eigenvalue weighted by molar-refractivity contribution is -0.142. The fourth-order valence-corrected chi connectivity index (χ4v) is 2.74. The molecule has 0 heterocycles. The van der Waals surface area contributed by atoms with E-state index in [4.69, 9.17) is 9.16 Å². The molecule has 4 heteroatoms. The Bertz CT molecular complexity index is 223. The van der Waals surface area contributed by atoms with Crippen molar-refractivity contribution in [1.82, 2.24) is 0 Å². The van der Waals surface area contributed by atoms with Gasteiger partial charge < -0.3 is 9.16 Å². The van der Waals surface area contributed by atoms with Crippen LogP contribution >= 0.6 is 0 Å². The molecule has 82 valence electrons. The summed E-state index contributed by atoms with van der Waals surface area (Å²) in [6.45, 7) is 11.3. The second-order valence-corrected chi connectivity index (χ2v) is 8.50. The maximum absolute atomic E-state index is 11.2. The number of hydrogen-bond acceptors (Lipinski definition) is 3. The van der Waals surface area contributed by atoms with Crippen LogP contribution in [-0.2, 0) is 14.0 Å². The summed E-state index contributed by atoms with van der Waals surface area (Å²) in [4.78, 5) is 11.2. The number of carbonyl (C=O) groups excluding carboxylic acids is 1. The van der Waals surface area contributed by atoms with Crippen LogP contribution in [0, 0.1) is 0 Å². The summed E-state index contributed by atoms with van der Waals surface area (Å²) in [7, 11) is 0.0590. The fourth-order valence-electron chi connectivity index (χ4n) is 1.10. The summed E-state index contributed by atoms with van der Waals surface area (Å²) in [6, 6.07) is 0.808. The summed E-state index contributed by atoms with van der Waals surface area (Å²) < 4.78 is 10.5. The summed E-state index contributed by atoms with van der Waals surface area (Å²) in [5.74, 6) is -0.321. The molecule has 0 amide bonds. The minimum Gasteiger partial charge on any atom is -0.460 e. The van der Waals surface area contributed by atoms with E-state index in [0.29, 0.717) is 5.57 Å². The van der Waals surface area contributed by atoms with Crippen LogP contribution in [0.4, 0.5) is 0 Å². The minimum absolute atomic E-state index is 0.0965. The summed E-state index contributed by atoms with van der Waals surface area (Å²) in [5.41, 5.74) is 0.439. The second kappa shape index (κ2) is 5.31. The summed E-state index contributed by atoms with van der Waals surface area (Å²) in [6.07, 6.45) is -0.0965. The molecule has 0 aliphatic carbocycles. The molecular weight excluding hydrogens is 196 g/mol. The molecule has 0 aliphatic heterocycles. The Morgan fingerprint density at radius 3 is 2.36 bits per heavy atom. The molecule has 1 unspecified atom stereocenters. The topological polar surface area (TPSA) is 35.5 Å². The molecule has 0 bridgehead atoms. The largest absolute Gasteiger partial charge is 0.460 e. The second-order valence-electron chi connectivity index (χ2n) is 4.16. The first kappa shape index (κ1) is 13.4. The van der Waals surface area contributed by atoms with E-state index >= 15 is 0 Å². The van der Waals surface area contributed by atoms with E-state index in [0.717, 1.165) is 6.04 Å². The van der Waals surface area contributed by atoms with Crippen LogP contribution in [0.1, 0.15) is 13.8 Å². The quantitative estimate of drug-likeness (QED) is 0.402. The average Bonchev–Trinajstić information content (AvgIpc) is 2.02. The van der Waals surface area contributed by atoms with Crippen LogP contribution in [0.15, 0.2) is 12.2 Å². The molecule has 0 rings (SSSR count). The van der Waals surface area contributed by atoms with Gasteiger partial charge in [-0.15, -0.1) is 0 Å². The number of rotatable bonds is 5. The van der Waals surface area contributed by atoms with Crippen LogP contribution in [0.3, 0.4) is 0 Å². The Morgan fingerprint density at radius 2 is 2.00 bits per heavy atom. The van der Waals surface area contributed by atoms with Gasteiger partial charge in [0.1, 0.15) is 0 Å². The molecule has 0 aliphatic rings. The van der Waals surface area contributed by atoms with E-state index in [1.165, 1.54) is 0 Å². The molecule has 0 aromatic heterocycles. The van der Waals surface area contributed by atoms with Gasteiger partial charge in [-0.05, 0) is 26.9 Å². The highest BCUT2D eigenvalue weighted by atomic mass is 28.4. The van der Waals surface area contributed by atoms with Gasteiger partial charge in [0.15, 0.2) is 8.32 Å². The third kappa shape index (κ3) is 5.19. The Labute approximate surface area is 87.2 Å². The van der Waals surface area contributed by atoms with E-state index in [1.54, 1.807) is 14.0 Å². The van der Waals surface area contributed by atoms with Crippen LogP contribution in [0.5, 0.6) is 0 Å². The van der Waals surface area contributed by atoms with Crippen molar-refractivity contribution in [2.45, 2.75) is 39.1 Å². The van der Waals surface area contributed by atoms with Gasteiger partial charge in [0.25, 0.3) is 0 Å². The molecule has 0 radical (unpaired) electrons. The van der Waals surface area contributed by atoms with Gasteiger partial charge in [0.2, 0.25) is 0 Å². The first-order valence-electron chi connectivity index (χ1n) is 4.70. The standard InChI is InChI=1S/C10H20O3Si/c1-8(2)10(11)13-9(3)7-14(5,6)12-4/h9H,1,7H2,2-6H3. The van der Waals surface area contributed by atoms with E-state index in [-0.39, 0.29) is 12.1 Å². The van der Waals surface area contributed by atoms with E-state index in [9.17, 15) is 4.79 Å². The summed E-state index contributed by atoms with van der Waals surface area (Å²) in [5, 5.41) is 0. The first-order chi connectivity index (χ1) is 6.28. The number of carbonyl (C=O) groups is 1. The maximum Gasteiger partial charge on any atom is 0.333 e. The molecule has 14 heavy (non-hydrogen) atoms. The van der Waals surface area contributed by atoms with Gasteiger partial charge in [-0.1, -0.05) is 6.58 Å². The van der Waals surface area contributed by atoms with Gasteiger partial charge in [-0.25, -0.2) is 4.79 Å². The average molecular weight is 216 g/mol. The normalized spacial score (nSPS) is 13.5. The van der Waals surface area contributed by atoms with Crippen molar-refractivity contribution in [2.75, 3.05) is 7.11 Å². The predicted octanol–water partition coefficient (Wildman–Crippen LogP) is 2.35. The third-order valence-electron chi connectivity index (χ3n) is 1.99. The number of ether oxygens (including phenoxy) is 1. The molecule has 0 fully saturated rings. The van der Waals surface area contributed by atoms with Gasteiger partial charge in [0, 0.05) is 18.7 Å². The van der Waals surface area contributed by atoms with Crippen LogP contribution in [0.2, 0.25) is 19.1 Å². The SMILES string of the molecule is C=C(C)C(=O)OC(C)C[Si](C)(C)OC. The van der Waals surface area contributed by atoms with Crippen LogP contribution in [-0.4, -0.2) is 27.5 Å². The molecule has 0 saturated heterocycles. The van der Waals surface area contributed by atoms with Crippen molar-refractivity contribution in [3.63, 3.8) is 0 Å². The van der Waals surface area contributed by atoms with Crippen molar-refractivity contribution in [3.8, 4) is 0 Å². The zero-order chi connectivity index (χ0) is 11.4. The lowest BCUT2D eigenvalue weighted by Crippen LogP contribution is -2.34. The highest BCUT2D eigenvalue weighted by Gasteiger charge is 2.25. The van der Waals surface area contributed by atoms with E-state index < -0.39 is 8.32 Å². The molecule has 3 nitrogen and oxygen atoms in total. The monoisotopic (exact) mass is 216 g/mol. The smallest absolute Gasteiger partial charge is 0.333 e. The number of hydrogen-bond donors (Lipinski definition) is 0. The van der Waals surface area contributed by atoms with Crippen LogP contribution in [0.25, 0.3) is 0 Å². The zero-order valence-corrected chi connectivity index (χ0v) is 10.7. The zero-order valence-electron chi connectivity index (χ0n) is 9.72. The van der Waals surface area contributed by atoms with Crippen molar-refractivity contribution >= 4 is 14.3 Å². The van der Waals surface area contributed by atoms with Gasteiger partial charge in [0.05, 0.1) is 6.10 Å². The molecule has 0 spiro atoms. The minimum atomic E-state index is -1.65. The molecule has 0 aromatic rings. The molecule has 0 saturated carbocycles.